The molecule has 3 heteroatoms. The van der Waals surface area contributed by atoms with Crippen molar-refractivity contribution in [3.8, 4) is 5.75 Å². The molecule has 166 valence electrons. The van der Waals surface area contributed by atoms with Crippen LogP contribution < -0.4 is 4.74 Å². The third kappa shape index (κ3) is 8.77. The van der Waals surface area contributed by atoms with Crippen molar-refractivity contribution < 1.29 is 14.3 Å². The summed E-state index contributed by atoms with van der Waals surface area (Å²) < 4.78 is 10.9. The van der Waals surface area contributed by atoms with E-state index in [1.54, 1.807) is 13.2 Å². The Labute approximate surface area is 183 Å². The van der Waals surface area contributed by atoms with Gasteiger partial charge in [0.15, 0.2) is 0 Å². The van der Waals surface area contributed by atoms with Crippen molar-refractivity contribution in [3.05, 3.63) is 47.6 Å². The number of unbranched alkanes of at least 4 members (excludes halogenated alkanes) is 4. The van der Waals surface area contributed by atoms with E-state index in [1.165, 1.54) is 56.1 Å². The van der Waals surface area contributed by atoms with Crippen LogP contribution in [0.3, 0.4) is 0 Å². The van der Waals surface area contributed by atoms with Gasteiger partial charge in [-0.1, -0.05) is 70.6 Å². The zero-order chi connectivity index (χ0) is 21.6. The second kappa shape index (κ2) is 14.1. The Morgan fingerprint density at radius 3 is 2.43 bits per heavy atom. The van der Waals surface area contributed by atoms with Gasteiger partial charge in [-0.2, -0.15) is 0 Å². The van der Waals surface area contributed by atoms with Crippen LogP contribution in [0.1, 0.15) is 90.0 Å². The number of carbonyl (C=O) groups excluding carboxylic acids is 1. The van der Waals surface area contributed by atoms with Crippen LogP contribution in [0, 0.1) is 5.92 Å². The molecule has 0 N–H and O–H groups in total. The summed E-state index contributed by atoms with van der Waals surface area (Å²) in [7, 11) is 1.68. The number of hydrogen-bond acceptors (Lipinski definition) is 3. The molecule has 2 rings (SSSR count). The first-order valence-corrected chi connectivity index (χ1v) is 11.9. The third-order valence-corrected chi connectivity index (χ3v) is 5.93. The maximum Gasteiger partial charge on any atom is 0.331 e. The molecule has 0 radical (unpaired) electrons. The first-order chi connectivity index (χ1) is 14.7. The Kier molecular flexibility index (Phi) is 11.4. The van der Waals surface area contributed by atoms with E-state index < -0.39 is 0 Å². The van der Waals surface area contributed by atoms with Crippen LogP contribution >= 0.6 is 0 Å². The summed E-state index contributed by atoms with van der Waals surface area (Å²) >= 11 is 0. The number of allylic oxidation sites excluding steroid dienone is 3. The first kappa shape index (κ1) is 24.2. The molecule has 1 aliphatic carbocycles. The molecule has 1 unspecified atom stereocenters. The van der Waals surface area contributed by atoms with Crippen molar-refractivity contribution in [1.82, 2.24) is 0 Å². The molecular formula is C27H40O3. The van der Waals surface area contributed by atoms with E-state index in [0.717, 1.165) is 37.0 Å². The zero-order valence-corrected chi connectivity index (χ0v) is 19.3. The lowest BCUT2D eigenvalue weighted by Crippen LogP contribution is -2.14. The molecule has 0 spiro atoms. The molecule has 0 saturated carbocycles. The Bertz CT molecular complexity index is 685. The van der Waals surface area contributed by atoms with E-state index in [1.807, 2.05) is 12.1 Å². The highest BCUT2D eigenvalue weighted by atomic mass is 16.5. The number of hydrogen-bond donors (Lipinski definition) is 0. The summed E-state index contributed by atoms with van der Waals surface area (Å²) in [5.41, 5.74) is 3.55. The van der Waals surface area contributed by atoms with Gasteiger partial charge in [0.1, 0.15) is 5.75 Å². The molecule has 0 aromatic heterocycles. The van der Waals surface area contributed by atoms with Crippen LogP contribution in [0.15, 0.2) is 42.0 Å². The fraction of sp³-hybridized carbons (Fsp3) is 0.593. The molecule has 0 saturated heterocycles. The molecule has 1 aliphatic rings. The largest absolute Gasteiger partial charge is 0.497 e. The number of carbonyl (C=O) groups is 1. The van der Waals surface area contributed by atoms with Crippen molar-refractivity contribution in [1.29, 1.82) is 0 Å². The summed E-state index contributed by atoms with van der Waals surface area (Å²) in [5, 5.41) is 0. The molecule has 1 aromatic rings. The monoisotopic (exact) mass is 412 g/mol. The summed E-state index contributed by atoms with van der Waals surface area (Å²) in [5.74, 6) is 1.18. The lowest BCUT2D eigenvalue weighted by atomic mass is 9.90. The van der Waals surface area contributed by atoms with Crippen molar-refractivity contribution in [2.75, 3.05) is 13.7 Å². The van der Waals surface area contributed by atoms with Gasteiger partial charge in [-0.15, -0.1) is 0 Å². The third-order valence-electron chi connectivity index (χ3n) is 5.93. The highest BCUT2D eigenvalue weighted by Gasteiger charge is 2.14. The Balaban J connectivity index is 1.91. The summed E-state index contributed by atoms with van der Waals surface area (Å²) in [6.07, 6.45) is 16.7. The minimum atomic E-state index is -0.188. The van der Waals surface area contributed by atoms with Crippen molar-refractivity contribution in [2.24, 2.45) is 5.92 Å². The second-order valence-corrected chi connectivity index (χ2v) is 8.46. The van der Waals surface area contributed by atoms with E-state index in [-0.39, 0.29) is 5.97 Å². The van der Waals surface area contributed by atoms with Gasteiger partial charge in [0.2, 0.25) is 0 Å². The van der Waals surface area contributed by atoms with Gasteiger partial charge in [-0.3, -0.25) is 0 Å². The maximum atomic E-state index is 12.4. The van der Waals surface area contributed by atoms with Gasteiger partial charge >= 0.3 is 5.97 Å². The lowest BCUT2D eigenvalue weighted by Gasteiger charge is -2.17. The molecule has 0 aliphatic heterocycles. The van der Waals surface area contributed by atoms with Gasteiger partial charge in [-0.25, -0.2) is 4.79 Å². The lowest BCUT2D eigenvalue weighted by molar-refractivity contribution is -0.139. The van der Waals surface area contributed by atoms with Gasteiger partial charge in [0, 0.05) is 6.08 Å². The van der Waals surface area contributed by atoms with Crippen LogP contribution in [-0.2, 0) is 9.53 Å². The van der Waals surface area contributed by atoms with Gasteiger partial charge in [0.25, 0.3) is 0 Å². The summed E-state index contributed by atoms with van der Waals surface area (Å²) in [6.45, 7) is 5.02. The predicted octanol–water partition coefficient (Wildman–Crippen LogP) is 7.51. The highest BCUT2D eigenvalue weighted by molar-refractivity contribution is 5.84. The summed E-state index contributed by atoms with van der Waals surface area (Å²) in [6, 6.07) is 8.14. The second-order valence-electron chi connectivity index (χ2n) is 8.46. The van der Waals surface area contributed by atoms with Crippen LogP contribution in [-0.4, -0.2) is 19.7 Å². The number of ether oxygens (including phenoxy) is 2. The molecule has 0 heterocycles. The quantitative estimate of drug-likeness (QED) is 0.191. The SMILES string of the molecule is CCCCCCC(CCCC)COC(=O)/C=C1/C=C(c2ccc(OC)cc2)CCC1. The van der Waals surface area contributed by atoms with Gasteiger partial charge in [0.05, 0.1) is 13.7 Å². The average molecular weight is 413 g/mol. The van der Waals surface area contributed by atoms with E-state index in [4.69, 9.17) is 9.47 Å². The fourth-order valence-corrected chi connectivity index (χ4v) is 4.05. The summed E-state index contributed by atoms with van der Waals surface area (Å²) in [4.78, 5) is 12.4. The Morgan fingerprint density at radius 2 is 1.73 bits per heavy atom. The molecule has 1 aromatic carbocycles. The van der Waals surface area contributed by atoms with Gasteiger partial charge in [-0.05, 0) is 66.9 Å². The fourth-order valence-electron chi connectivity index (χ4n) is 4.05. The Hall–Kier alpha value is -2.03. The average Bonchev–Trinajstić information content (AvgIpc) is 2.78. The van der Waals surface area contributed by atoms with Crippen molar-refractivity contribution in [3.63, 3.8) is 0 Å². The van der Waals surface area contributed by atoms with Crippen LogP contribution in [0.5, 0.6) is 5.75 Å². The smallest absolute Gasteiger partial charge is 0.331 e. The number of benzene rings is 1. The highest BCUT2D eigenvalue weighted by Crippen LogP contribution is 2.30. The normalized spacial score (nSPS) is 16.2. The van der Waals surface area contributed by atoms with E-state index in [9.17, 15) is 4.79 Å². The van der Waals surface area contributed by atoms with Crippen LogP contribution in [0.4, 0.5) is 0 Å². The van der Waals surface area contributed by atoms with Crippen molar-refractivity contribution >= 4 is 11.5 Å². The molecule has 0 bridgehead atoms. The molecule has 0 amide bonds. The number of methoxy groups -OCH3 is 1. The van der Waals surface area contributed by atoms with E-state index in [0.29, 0.717) is 12.5 Å². The number of esters is 1. The molecule has 3 nitrogen and oxygen atoms in total. The van der Waals surface area contributed by atoms with Crippen LogP contribution in [0.2, 0.25) is 0 Å². The topological polar surface area (TPSA) is 35.5 Å². The van der Waals surface area contributed by atoms with Crippen LogP contribution in [0.25, 0.3) is 5.57 Å². The predicted molar refractivity (Wildman–Crippen MR) is 126 cm³/mol. The minimum Gasteiger partial charge on any atom is -0.497 e. The first-order valence-electron chi connectivity index (χ1n) is 11.9. The maximum absolute atomic E-state index is 12.4. The standard InChI is InChI=1S/C27H40O3/c1-4-6-8-9-12-22(11-7-5-2)21-30-27(28)20-23-13-10-14-25(19-23)24-15-17-26(29-3)18-16-24/h15-20,22H,4-14,21H2,1-3H3/b23-20+. The minimum absolute atomic E-state index is 0.188. The Morgan fingerprint density at radius 1 is 1.00 bits per heavy atom. The number of rotatable bonds is 13. The van der Waals surface area contributed by atoms with Crippen molar-refractivity contribution in [2.45, 2.75) is 84.5 Å². The van der Waals surface area contributed by atoms with Gasteiger partial charge < -0.3 is 9.47 Å². The molecule has 1 atom stereocenters. The molecule has 30 heavy (non-hydrogen) atoms. The molecular weight excluding hydrogens is 372 g/mol. The van der Waals surface area contributed by atoms with E-state index in [2.05, 4.69) is 32.1 Å². The van der Waals surface area contributed by atoms with E-state index >= 15 is 0 Å². The zero-order valence-electron chi connectivity index (χ0n) is 19.3. The molecule has 0 fully saturated rings.